The summed E-state index contributed by atoms with van der Waals surface area (Å²) in [5.74, 6) is 1.84. The second kappa shape index (κ2) is 7.75. The van der Waals surface area contributed by atoms with Crippen molar-refractivity contribution < 1.29 is 17.9 Å². The smallest absolute Gasteiger partial charge is 0.410 e. The molecule has 2 heterocycles. The predicted octanol–water partition coefficient (Wildman–Crippen LogP) is 1.75. The first-order valence-corrected chi connectivity index (χ1v) is 11.1. The van der Waals surface area contributed by atoms with Gasteiger partial charge >= 0.3 is 6.09 Å². The molecule has 1 saturated heterocycles. The molecule has 0 spiro atoms. The zero-order valence-electron chi connectivity index (χ0n) is 16.2. The first kappa shape index (κ1) is 20.1. The van der Waals surface area contributed by atoms with E-state index in [-0.39, 0.29) is 24.3 Å². The molecule has 2 N–H and O–H groups in total. The third kappa shape index (κ3) is 6.17. The zero-order valence-corrected chi connectivity index (χ0v) is 17.0. The van der Waals surface area contributed by atoms with Crippen molar-refractivity contribution in [2.24, 2.45) is 5.92 Å². The van der Waals surface area contributed by atoms with Gasteiger partial charge in [-0.1, -0.05) is 0 Å². The van der Waals surface area contributed by atoms with E-state index in [0.29, 0.717) is 30.7 Å². The molecule has 1 saturated carbocycles. The number of amides is 1. The molecule has 27 heavy (non-hydrogen) atoms. The Morgan fingerprint density at radius 1 is 1.26 bits per heavy atom. The van der Waals surface area contributed by atoms with Crippen molar-refractivity contribution in [3.8, 4) is 0 Å². The van der Waals surface area contributed by atoms with Gasteiger partial charge in [0.1, 0.15) is 11.4 Å². The summed E-state index contributed by atoms with van der Waals surface area (Å²) in [5.41, 5.74) is -0.501. The van der Waals surface area contributed by atoms with E-state index in [4.69, 9.17) is 4.74 Å². The minimum absolute atomic E-state index is 0.124. The molecule has 0 unspecified atom stereocenters. The highest BCUT2D eigenvalue weighted by molar-refractivity contribution is 7.89. The van der Waals surface area contributed by atoms with E-state index in [0.717, 1.165) is 25.7 Å². The van der Waals surface area contributed by atoms with Gasteiger partial charge in [0.25, 0.3) is 0 Å². The number of nitrogens with one attached hydrogen (secondary N) is 2. The van der Waals surface area contributed by atoms with Crippen LogP contribution in [0.4, 0.5) is 4.79 Å². The number of carbonyl (C=O) groups is 1. The Labute approximate surface area is 160 Å². The van der Waals surface area contributed by atoms with Gasteiger partial charge in [-0.2, -0.15) is 5.10 Å². The average molecular weight is 400 g/mol. The Hall–Kier alpha value is -1.68. The van der Waals surface area contributed by atoms with E-state index in [9.17, 15) is 13.2 Å². The molecular formula is C17H29N5O4S. The summed E-state index contributed by atoms with van der Waals surface area (Å²) >= 11 is 0. The third-order valence-corrected chi connectivity index (χ3v) is 6.17. The van der Waals surface area contributed by atoms with E-state index in [1.165, 1.54) is 0 Å². The second-order valence-corrected chi connectivity index (χ2v) is 10.3. The van der Waals surface area contributed by atoms with Gasteiger partial charge in [-0.25, -0.2) is 22.9 Å². The van der Waals surface area contributed by atoms with Gasteiger partial charge in [-0.05, 0) is 52.4 Å². The Bertz CT molecular complexity index is 759. The molecule has 152 valence electrons. The highest BCUT2D eigenvalue weighted by Gasteiger charge is 2.30. The van der Waals surface area contributed by atoms with Crippen LogP contribution >= 0.6 is 0 Å². The van der Waals surface area contributed by atoms with Crippen LogP contribution in [0.5, 0.6) is 0 Å². The molecule has 1 aliphatic carbocycles. The van der Waals surface area contributed by atoms with E-state index in [2.05, 4.69) is 19.9 Å². The maximum absolute atomic E-state index is 12.1. The van der Waals surface area contributed by atoms with E-state index in [1.807, 2.05) is 20.8 Å². The van der Waals surface area contributed by atoms with Crippen molar-refractivity contribution in [2.45, 2.75) is 64.5 Å². The predicted molar refractivity (Wildman–Crippen MR) is 99.5 cm³/mol. The van der Waals surface area contributed by atoms with Crippen LogP contribution in [-0.2, 0) is 21.3 Å². The molecular weight excluding hydrogens is 370 g/mol. The minimum atomic E-state index is -3.26. The summed E-state index contributed by atoms with van der Waals surface area (Å²) in [5, 5.41) is 7.05. The lowest BCUT2D eigenvalue weighted by Gasteiger charge is -2.32. The number of aromatic amines is 1. The SMILES string of the molecule is CC(C)(C)OC(=O)N1CCC(c2n[nH]c(CNS(=O)(=O)CC3CC3)n2)CC1. The Morgan fingerprint density at radius 2 is 1.93 bits per heavy atom. The number of likely N-dealkylation sites (tertiary alicyclic amines) is 1. The highest BCUT2D eigenvalue weighted by atomic mass is 32.2. The summed E-state index contributed by atoms with van der Waals surface area (Å²) in [7, 11) is -3.26. The fourth-order valence-electron chi connectivity index (χ4n) is 3.05. The maximum Gasteiger partial charge on any atom is 0.410 e. The monoisotopic (exact) mass is 399 g/mol. The van der Waals surface area contributed by atoms with Gasteiger partial charge in [0.05, 0.1) is 12.3 Å². The Kier molecular flexibility index (Phi) is 5.76. The maximum atomic E-state index is 12.1. The molecule has 10 heteroatoms. The van der Waals surface area contributed by atoms with Crippen LogP contribution in [0, 0.1) is 5.92 Å². The standard InChI is InChI=1S/C17H29N5O4S/c1-17(2,3)26-16(23)22-8-6-13(7-9-22)15-19-14(20-21-15)10-18-27(24,25)11-12-4-5-12/h12-13,18H,4-11H2,1-3H3,(H,19,20,21). The normalized spacial score (nSPS) is 19.3. The van der Waals surface area contributed by atoms with Crippen molar-refractivity contribution in [3.05, 3.63) is 11.6 Å². The number of hydrogen-bond acceptors (Lipinski definition) is 6. The summed E-state index contributed by atoms with van der Waals surface area (Å²) in [6, 6.07) is 0. The van der Waals surface area contributed by atoms with Crippen molar-refractivity contribution in [1.82, 2.24) is 24.8 Å². The summed E-state index contributed by atoms with van der Waals surface area (Å²) in [6.45, 7) is 6.87. The van der Waals surface area contributed by atoms with Crippen LogP contribution in [0.1, 0.15) is 64.0 Å². The number of hydrogen-bond donors (Lipinski definition) is 2. The number of ether oxygens (including phenoxy) is 1. The van der Waals surface area contributed by atoms with Gasteiger partial charge in [0, 0.05) is 19.0 Å². The lowest BCUT2D eigenvalue weighted by atomic mass is 9.96. The van der Waals surface area contributed by atoms with Gasteiger partial charge in [-0.15, -0.1) is 0 Å². The van der Waals surface area contributed by atoms with Crippen molar-refractivity contribution >= 4 is 16.1 Å². The van der Waals surface area contributed by atoms with Crippen LogP contribution in [0.2, 0.25) is 0 Å². The summed E-state index contributed by atoms with van der Waals surface area (Å²) in [4.78, 5) is 18.3. The third-order valence-electron chi connectivity index (χ3n) is 4.67. The molecule has 1 aromatic heterocycles. The zero-order chi connectivity index (χ0) is 19.7. The quantitative estimate of drug-likeness (QED) is 0.752. The molecule has 2 aliphatic rings. The topological polar surface area (TPSA) is 117 Å². The van der Waals surface area contributed by atoms with E-state index < -0.39 is 15.6 Å². The molecule has 0 radical (unpaired) electrons. The Balaban J connectivity index is 1.47. The number of rotatable bonds is 6. The highest BCUT2D eigenvalue weighted by Crippen LogP contribution is 2.30. The molecule has 1 amide bonds. The molecule has 3 rings (SSSR count). The first-order valence-electron chi connectivity index (χ1n) is 9.48. The molecule has 0 bridgehead atoms. The van der Waals surface area contributed by atoms with Crippen LogP contribution in [0.25, 0.3) is 0 Å². The number of carbonyl (C=O) groups excluding carboxylic acids is 1. The first-order chi connectivity index (χ1) is 12.6. The van der Waals surface area contributed by atoms with Gasteiger partial charge < -0.3 is 9.64 Å². The van der Waals surface area contributed by atoms with Crippen LogP contribution in [-0.4, -0.2) is 59.0 Å². The molecule has 1 aromatic rings. The number of H-pyrrole nitrogens is 1. The second-order valence-electron chi connectivity index (χ2n) is 8.43. The molecule has 9 nitrogen and oxygen atoms in total. The average Bonchev–Trinajstić information content (AvgIpc) is 3.24. The number of piperidine rings is 1. The van der Waals surface area contributed by atoms with Crippen LogP contribution in [0.15, 0.2) is 0 Å². The summed E-state index contributed by atoms with van der Waals surface area (Å²) < 4.78 is 31.9. The fraction of sp³-hybridized carbons (Fsp3) is 0.824. The van der Waals surface area contributed by atoms with Gasteiger partial charge in [0.15, 0.2) is 5.82 Å². The van der Waals surface area contributed by atoms with Gasteiger partial charge in [-0.3, -0.25) is 5.10 Å². The summed E-state index contributed by atoms with van der Waals surface area (Å²) in [6.07, 6.45) is 3.21. The van der Waals surface area contributed by atoms with Crippen LogP contribution in [0.3, 0.4) is 0 Å². The van der Waals surface area contributed by atoms with Crippen molar-refractivity contribution in [3.63, 3.8) is 0 Å². The van der Waals surface area contributed by atoms with Crippen LogP contribution < -0.4 is 4.72 Å². The van der Waals surface area contributed by atoms with E-state index >= 15 is 0 Å². The number of aromatic nitrogens is 3. The number of sulfonamides is 1. The molecule has 0 atom stereocenters. The fourth-order valence-corrected chi connectivity index (χ4v) is 4.48. The van der Waals surface area contributed by atoms with E-state index in [1.54, 1.807) is 4.90 Å². The number of nitrogens with zero attached hydrogens (tertiary/aromatic N) is 3. The molecule has 1 aliphatic heterocycles. The van der Waals surface area contributed by atoms with Gasteiger partial charge in [0.2, 0.25) is 10.0 Å². The largest absolute Gasteiger partial charge is 0.444 e. The molecule has 2 fully saturated rings. The molecule has 0 aromatic carbocycles. The van der Waals surface area contributed by atoms with Crippen molar-refractivity contribution in [1.29, 1.82) is 0 Å². The minimum Gasteiger partial charge on any atom is -0.444 e. The van der Waals surface area contributed by atoms with Crippen molar-refractivity contribution in [2.75, 3.05) is 18.8 Å². The Morgan fingerprint density at radius 3 is 2.52 bits per heavy atom. The lowest BCUT2D eigenvalue weighted by molar-refractivity contribution is 0.0203. The lowest BCUT2D eigenvalue weighted by Crippen LogP contribution is -2.41.